The minimum atomic E-state index is -1.36. The van der Waals surface area contributed by atoms with Gasteiger partial charge in [-0.05, 0) is 31.5 Å². The lowest BCUT2D eigenvalue weighted by Crippen LogP contribution is -2.16. The number of rotatable bonds is 3. The van der Waals surface area contributed by atoms with Crippen molar-refractivity contribution in [1.82, 2.24) is 0 Å². The molecule has 18 heavy (non-hydrogen) atoms. The van der Waals surface area contributed by atoms with Crippen molar-refractivity contribution in [3.8, 4) is 5.75 Å². The van der Waals surface area contributed by atoms with E-state index in [2.05, 4.69) is 0 Å². The van der Waals surface area contributed by atoms with Crippen LogP contribution in [0.5, 0.6) is 5.75 Å². The second-order valence-electron chi connectivity index (χ2n) is 4.27. The van der Waals surface area contributed by atoms with Gasteiger partial charge in [0.15, 0.2) is 6.10 Å². The summed E-state index contributed by atoms with van der Waals surface area (Å²) >= 11 is 5.98. The summed E-state index contributed by atoms with van der Waals surface area (Å²) < 4.78 is 10.4. The molecule has 1 aliphatic rings. The maximum Gasteiger partial charge on any atom is 0.339 e. The number of hydrogen-bond acceptors (Lipinski definition) is 4. The van der Waals surface area contributed by atoms with Crippen molar-refractivity contribution in [2.24, 2.45) is 0 Å². The Morgan fingerprint density at radius 3 is 3.06 bits per heavy atom. The molecule has 4 nitrogen and oxygen atoms in total. The Balaban J connectivity index is 2.36. The van der Waals surface area contributed by atoms with Crippen LogP contribution in [0.3, 0.4) is 0 Å². The highest BCUT2D eigenvalue weighted by Crippen LogP contribution is 2.38. The summed E-state index contributed by atoms with van der Waals surface area (Å²) in [4.78, 5) is 11.6. The maximum absolute atomic E-state index is 11.6. The van der Waals surface area contributed by atoms with Gasteiger partial charge in [0.05, 0.1) is 6.61 Å². The van der Waals surface area contributed by atoms with Crippen LogP contribution >= 0.6 is 11.6 Å². The molecule has 0 bridgehead atoms. The van der Waals surface area contributed by atoms with Gasteiger partial charge in [-0.1, -0.05) is 11.6 Å². The zero-order valence-electron chi connectivity index (χ0n) is 10.3. The molecule has 1 aliphatic heterocycles. The molecule has 5 heteroatoms. The Morgan fingerprint density at radius 2 is 2.39 bits per heavy atom. The Hall–Kier alpha value is -1.26. The van der Waals surface area contributed by atoms with Gasteiger partial charge in [0.2, 0.25) is 0 Å². The summed E-state index contributed by atoms with van der Waals surface area (Å²) in [5, 5.41) is 10.5. The van der Waals surface area contributed by atoms with Crippen LogP contribution in [0.15, 0.2) is 12.1 Å². The van der Waals surface area contributed by atoms with Gasteiger partial charge in [0, 0.05) is 17.0 Å². The van der Waals surface area contributed by atoms with Gasteiger partial charge in [-0.3, -0.25) is 0 Å². The summed E-state index contributed by atoms with van der Waals surface area (Å²) in [6.07, 6.45) is -0.618. The Kier molecular flexibility index (Phi) is 3.78. The van der Waals surface area contributed by atoms with Crippen LogP contribution in [0.2, 0.25) is 5.02 Å². The molecule has 0 fully saturated rings. The Bertz CT molecular complexity index is 472. The van der Waals surface area contributed by atoms with E-state index in [9.17, 15) is 9.90 Å². The third-order valence-electron chi connectivity index (χ3n) is 2.79. The van der Waals surface area contributed by atoms with Crippen molar-refractivity contribution in [3.63, 3.8) is 0 Å². The number of hydrogen-bond donors (Lipinski definition) is 1. The molecule has 2 unspecified atom stereocenters. The number of benzene rings is 1. The molecule has 0 spiro atoms. The standard InChI is InChI=1S/C13H15ClO4/c1-3-17-13(16)11(15)10-6-9(14)5-8-4-7(2)18-12(8)10/h5-7,11,15H,3-4H2,1-2H3. The van der Waals surface area contributed by atoms with E-state index in [1.807, 2.05) is 6.92 Å². The monoisotopic (exact) mass is 270 g/mol. The number of carbonyl (C=O) groups is 1. The predicted molar refractivity (Wildman–Crippen MR) is 66.8 cm³/mol. The smallest absolute Gasteiger partial charge is 0.339 e. The van der Waals surface area contributed by atoms with Crippen molar-refractivity contribution < 1.29 is 19.4 Å². The number of halogens is 1. The van der Waals surface area contributed by atoms with Crippen molar-refractivity contribution in [2.75, 3.05) is 6.61 Å². The zero-order chi connectivity index (χ0) is 13.3. The topological polar surface area (TPSA) is 55.8 Å². The van der Waals surface area contributed by atoms with Gasteiger partial charge < -0.3 is 14.6 Å². The first-order chi connectivity index (χ1) is 8.52. The first-order valence-electron chi connectivity index (χ1n) is 5.86. The fourth-order valence-corrected chi connectivity index (χ4v) is 2.32. The van der Waals surface area contributed by atoms with E-state index in [0.29, 0.717) is 16.3 Å². The summed E-state index contributed by atoms with van der Waals surface area (Å²) in [5.41, 5.74) is 1.29. The summed E-state index contributed by atoms with van der Waals surface area (Å²) in [6, 6.07) is 3.34. The average Bonchev–Trinajstić information content (AvgIpc) is 2.67. The Labute approximate surface area is 110 Å². The normalized spacial score (nSPS) is 19.0. The Morgan fingerprint density at radius 1 is 1.67 bits per heavy atom. The molecule has 0 radical (unpaired) electrons. The number of aliphatic hydroxyl groups is 1. The number of ether oxygens (including phenoxy) is 2. The molecule has 1 aromatic carbocycles. The number of esters is 1. The van der Waals surface area contributed by atoms with Gasteiger partial charge >= 0.3 is 5.97 Å². The molecule has 1 heterocycles. The molecule has 1 N–H and O–H groups in total. The van der Waals surface area contributed by atoms with Gasteiger partial charge in [-0.15, -0.1) is 0 Å². The lowest BCUT2D eigenvalue weighted by atomic mass is 10.0. The molecule has 0 aliphatic carbocycles. The third kappa shape index (κ3) is 2.44. The molecule has 0 saturated heterocycles. The third-order valence-corrected chi connectivity index (χ3v) is 3.01. The largest absolute Gasteiger partial charge is 0.490 e. The highest BCUT2D eigenvalue weighted by atomic mass is 35.5. The van der Waals surface area contributed by atoms with Crippen LogP contribution in [0, 0.1) is 0 Å². The van der Waals surface area contributed by atoms with Gasteiger partial charge in [-0.25, -0.2) is 4.79 Å². The second kappa shape index (κ2) is 5.16. The number of carbonyl (C=O) groups excluding carboxylic acids is 1. The highest BCUT2D eigenvalue weighted by Gasteiger charge is 2.29. The van der Waals surface area contributed by atoms with Gasteiger partial charge in [-0.2, -0.15) is 0 Å². The molecule has 2 rings (SSSR count). The van der Waals surface area contributed by atoms with E-state index in [1.165, 1.54) is 0 Å². The fourth-order valence-electron chi connectivity index (χ4n) is 2.07. The van der Waals surface area contributed by atoms with E-state index < -0.39 is 12.1 Å². The van der Waals surface area contributed by atoms with Crippen molar-refractivity contribution in [1.29, 1.82) is 0 Å². The lowest BCUT2D eigenvalue weighted by molar-refractivity contribution is -0.153. The average molecular weight is 271 g/mol. The van der Waals surface area contributed by atoms with Crippen LogP contribution in [0.25, 0.3) is 0 Å². The van der Waals surface area contributed by atoms with E-state index in [0.717, 1.165) is 12.0 Å². The molecule has 1 aromatic rings. The molecule has 0 saturated carbocycles. The molecule has 2 atom stereocenters. The maximum atomic E-state index is 11.6. The fraction of sp³-hybridized carbons (Fsp3) is 0.462. The van der Waals surface area contributed by atoms with E-state index >= 15 is 0 Å². The van der Waals surface area contributed by atoms with Crippen LogP contribution in [-0.4, -0.2) is 23.8 Å². The van der Waals surface area contributed by atoms with Crippen LogP contribution in [0.4, 0.5) is 0 Å². The highest BCUT2D eigenvalue weighted by molar-refractivity contribution is 6.30. The van der Waals surface area contributed by atoms with Crippen molar-refractivity contribution in [3.05, 3.63) is 28.3 Å². The first-order valence-corrected chi connectivity index (χ1v) is 6.24. The summed E-state index contributed by atoms with van der Waals surface area (Å²) in [7, 11) is 0. The summed E-state index contributed by atoms with van der Waals surface area (Å²) in [6.45, 7) is 3.83. The molecule has 98 valence electrons. The number of aliphatic hydroxyl groups excluding tert-OH is 1. The van der Waals surface area contributed by atoms with E-state index in [1.54, 1.807) is 19.1 Å². The minimum absolute atomic E-state index is 0.0200. The number of fused-ring (bicyclic) bond motifs is 1. The van der Waals surface area contributed by atoms with Gasteiger partial charge in [0.1, 0.15) is 11.9 Å². The second-order valence-corrected chi connectivity index (χ2v) is 4.71. The van der Waals surface area contributed by atoms with Crippen LogP contribution in [-0.2, 0) is 16.0 Å². The molecular weight excluding hydrogens is 256 g/mol. The first kappa shape index (κ1) is 13.2. The van der Waals surface area contributed by atoms with Crippen molar-refractivity contribution in [2.45, 2.75) is 32.5 Å². The minimum Gasteiger partial charge on any atom is -0.490 e. The predicted octanol–water partition coefficient (Wildman–Crippen LogP) is 2.26. The van der Waals surface area contributed by atoms with Gasteiger partial charge in [0.25, 0.3) is 0 Å². The zero-order valence-corrected chi connectivity index (χ0v) is 11.0. The SMILES string of the molecule is CCOC(=O)C(O)c1cc(Cl)cc2c1OC(C)C2. The molecule has 0 amide bonds. The van der Waals surface area contributed by atoms with Crippen molar-refractivity contribution >= 4 is 17.6 Å². The molecular formula is C13H15ClO4. The quantitative estimate of drug-likeness (QED) is 0.856. The molecule has 0 aromatic heterocycles. The lowest BCUT2D eigenvalue weighted by Gasteiger charge is -2.14. The summed E-state index contributed by atoms with van der Waals surface area (Å²) in [5.74, 6) is -0.141. The van der Waals surface area contributed by atoms with Crippen LogP contribution < -0.4 is 4.74 Å². The van der Waals surface area contributed by atoms with E-state index in [-0.39, 0.29) is 12.7 Å². The van der Waals surface area contributed by atoms with E-state index in [4.69, 9.17) is 21.1 Å². The van der Waals surface area contributed by atoms with Crippen LogP contribution in [0.1, 0.15) is 31.1 Å².